The first-order valence-corrected chi connectivity index (χ1v) is 4.19. The van der Waals surface area contributed by atoms with Crippen LogP contribution in [0, 0.1) is 18.3 Å². The van der Waals surface area contributed by atoms with Crippen LogP contribution in [-0.4, -0.2) is 29.4 Å². The van der Waals surface area contributed by atoms with E-state index in [4.69, 9.17) is 5.26 Å². The molecule has 1 amide bonds. The lowest BCUT2D eigenvalue weighted by Gasteiger charge is -2.12. The molecule has 0 spiro atoms. The molecule has 14 heavy (non-hydrogen) atoms. The van der Waals surface area contributed by atoms with E-state index >= 15 is 0 Å². The molecule has 4 heteroatoms. The van der Waals surface area contributed by atoms with Gasteiger partial charge >= 0.3 is 0 Å². The van der Waals surface area contributed by atoms with Crippen LogP contribution in [-0.2, 0) is 0 Å². The van der Waals surface area contributed by atoms with E-state index in [0.717, 1.165) is 5.56 Å². The number of rotatable bonds is 2. The third-order valence-electron chi connectivity index (χ3n) is 1.78. The lowest BCUT2D eigenvalue weighted by molar-refractivity contribution is 0.0811. The van der Waals surface area contributed by atoms with Gasteiger partial charge in [-0.05, 0) is 18.6 Å². The molecule has 1 rings (SSSR count). The van der Waals surface area contributed by atoms with Crippen LogP contribution in [0.1, 0.15) is 15.9 Å². The number of hydrogen-bond acceptors (Lipinski definition) is 3. The zero-order valence-corrected chi connectivity index (χ0v) is 8.19. The second kappa shape index (κ2) is 4.38. The highest BCUT2D eigenvalue weighted by atomic mass is 16.2. The molecule has 0 saturated carbocycles. The maximum Gasteiger partial charge on any atom is 0.256 e. The molecule has 4 nitrogen and oxygen atoms in total. The molecule has 0 aliphatic heterocycles. The first-order chi connectivity index (χ1) is 6.65. The van der Waals surface area contributed by atoms with Gasteiger partial charge in [0.2, 0.25) is 0 Å². The molecular weight excluding hydrogens is 178 g/mol. The molecule has 0 unspecified atom stereocenters. The lowest BCUT2D eigenvalue weighted by atomic mass is 10.2. The van der Waals surface area contributed by atoms with E-state index in [1.807, 2.05) is 13.0 Å². The lowest BCUT2D eigenvalue weighted by Crippen LogP contribution is -2.27. The van der Waals surface area contributed by atoms with Gasteiger partial charge in [0.25, 0.3) is 5.91 Å². The monoisotopic (exact) mass is 189 g/mol. The number of hydrogen-bond donors (Lipinski definition) is 0. The minimum atomic E-state index is -0.178. The molecule has 0 saturated heterocycles. The normalized spacial score (nSPS) is 9.21. The Hall–Kier alpha value is -1.89. The van der Waals surface area contributed by atoms with Crippen molar-refractivity contribution in [2.75, 3.05) is 13.6 Å². The first-order valence-electron chi connectivity index (χ1n) is 4.19. The van der Waals surface area contributed by atoms with Crippen LogP contribution in [0.3, 0.4) is 0 Å². The molecule has 0 fully saturated rings. The SMILES string of the molecule is Cc1cncc(C(=O)N(C)CC#N)c1. The van der Waals surface area contributed by atoms with Crippen molar-refractivity contribution < 1.29 is 4.79 Å². The number of nitriles is 1. The molecule has 1 aromatic heterocycles. The van der Waals surface area contributed by atoms with E-state index in [1.165, 1.54) is 11.1 Å². The Labute approximate surface area is 82.8 Å². The Morgan fingerprint density at radius 3 is 2.93 bits per heavy atom. The third kappa shape index (κ3) is 2.30. The highest BCUT2D eigenvalue weighted by Gasteiger charge is 2.10. The molecule has 0 atom stereocenters. The Morgan fingerprint density at radius 1 is 1.64 bits per heavy atom. The van der Waals surface area contributed by atoms with Crippen molar-refractivity contribution in [1.82, 2.24) is 9.88 Å². The fourth-order valence-electron chi connectivity index (χ4n) is 1.07. The Morgan fingerprint density at radius 2 is 2.36 bits per heavy atom. The molecule has 72 valence electrons. The van der Waals surface area contributed by atoms with E-state index in [1.54, 1.807) is 19.3 Å². The van der Waals surface area contributed by atoms with Gasteiger partial charge in [-0.15, -0.1) is 0 Å². The highest BCUT2D eigenvalue weighted by molar-refractivity contribution is 5.94. The average Bonchev–Trinajstić information content (AvgIpc) is 2.17. The van der Waals surface area contributed by atoms with Gasteiger partial charge in [-0.3, -0.25) is 9.78 Å². The predicted octanol–water partition coefficient (Wildman–Crippen LogP) is 0.986. The average molecular weight is 189 g/mol. The van der Waals surface area contributed by atoms with Crippen LogP contribution in [0.2, 0.25) is 0 Å². The van der Waals surface area contributed by atoms with E-state index in [9.17, 15) is 4.79 Å². The van der Waals surface area contributed by atoms with Crippen molar-refractivity contribution in [3.63, 3.8) is 0 Å². The van der Waals surface area contributed by atoms with Gasteiger partial charge in [-0.2, -0.15) is 5.26 Å². The van der Waals surface area contributed by atoms with Crippen molar-refractivity contribution in [2.24, 2.45) is 0 Å². The van der Waals surface area contributed by atoms with Gasteiger partial charge in [0.15, 0.2) is 0 Å². The minimum absolute atomic E-state index is 0.0901. The molecule has 0 bridgehead atoms. The van der Waals surface area contributed by atoms with Crippen LogP contribution in [0.15, 0.2) is 18.5 Å². The van der Waals surface area contributed by atoms with Crippen LogP contribution < -0.4 is 0 Å². The topological polar surface area (TPSA) is 57.0 Å². The number of carbonyl (C=O) groups excluding carboxylic acids is 1. The van der Waals surface area contributed by atoms with Crippen molar-refractivity contribution in [1.29, 1.82) is 5.26 Å². The second-order valence-corrected chi connectivity index (χ2v) is 3.07. The Kier molecular flexibility index (Phi) is 3.19. The number of amides is 1. The molecule has 1 aromatic rings. The van der Waals surface area contributed by atoms with Gasteiger partial charge in [-0.1, -0.05) is 0 Å². The maximum absolute atomic E-state index is 11.6. The number of aromatic nitrogens is 1. The third-order valence-corrected chi connectivity index (χ3v) is 1.78. The Balaban J connectivity index is 2.85. The van der Waals surface area contributed by atoms with Crippen molar-refractivity contribution in [3.8, 4) is 6.07 Å². The van der Waals surface area contributed by atoms with Crippen molar-refractivity contribution in [3.05, 3.63) is 29.6 Å². The van der Waals surface area contributed by atoms with E-state index in [2.05, 4.69) is 4.98 Å². The van der Waals surface area contributed by atoms with Crippen molar-refractivity contribution >= 4 is 5.91 Å². The van der Waals surface area contributed by atoms with Gasteiger partial charge in [0, 0.05) is 19.4 Å². The fourth-order valence-corrected chi connectivity index (χ4v) is 1.07. The quantitative estimate of drug-likeness (QED) is 0.652. The van der Waals surface area contributed by atoms with Gasteiger partial charge in [0.1, 0.15) is 6.54 Å². The first kappa shape index (κ1) is 10.2. The second-order valence-electron chi connectivity index (χ2n) is 3.07. The minimum Gasteiger partial charge on any atom is -0.328 e. The number of carbonyl (C=O) groups is 1. The van der Waals surface area contributed by atoms with Gasteiger partial charge < -0.3 is 4.90 Å². The standard InChI is InChI=1S/C10H11N3O/c1-8-5-9(7-12-6-8)10(14)13(2)4-3-11/h5-7H,4H2,1-2H3. The molecule has 0 aliphatic rings. The molecule has 0 aromatic carbocycles. The molecule has 0 aliphatic carbocycles. The molecule has 0 radical (unpaired) electrons. The van der Waals surface area contributed by atoms with Crippen molar-refractivity contribution in [2.45, 2.75) is 6.92 Å². The molecular formula is C10H11N3O. The summed E-state index contributed by atoms with van der Waals surface area (Å²) in [5.41, 5.74) is 1.45. The van der Waals surface area contributed by atoms with Gasteiger partial charge in [0.05, 0.1) is 11.6 Å². The zero-order chi connectivity index (χ0) is 10.6. The van der Waals surface area contributed by atoms with Gasteiger partial charge in [-0.25, -0.2) is 0 Å². The van der Waals surface area contributed by atoms with E-state index in [-0.39, 0.29) is 12.5 Å². The summed E-state index contributed by atoms with van der Waals surface area (Å²) < 4.78 is 0. The summed E-state index contributed by atoms with van der Waals surface area (Å²) in [6.45, 7) is 1.96. The maximum atomic E-state index is 11.6. The highest BCUT2D eigenvalue weighted by Crippen LogP contribution is 2.04. The zero-order valence-electron chi connectivity index (χ0n) is 8.19. The summed E-state index contributed by atoms with van der Waals surface area (Å²) in [7, 11) is 1.59. The van der Waals surface area contributed by atoms with E-state index < -0.39 is 0 Å². The Bertz CT molecular complexity index is 381. The van der Waals surface area contributed by atoms with E-state index in [0.29, 0.717) is 5.56 Å². The number of pyridine rings is 1. The molecule has 1 heterocycles. The summed E-state index contributed by atoms with van der Waals surface area (Å²) in [5, 5.41) is 8.43. The largest absolute Gasteiger partial charge is 0.328 e. The number of nitrogens with zero attached hydrogens (tertiary/aromatic N) is 3. The van der Waals surface area contributed by atoms with Crippen LogP contribution in [0.4, 0.5) is 0 Å². The molecule has 0 N–H and O–H groups in total. The summed E-state index contributed by atoms with van der Waals surface area (Å²) in [6, 6.07) is 3.67. The predicted molar refractivity (Wildman–Crippen MR) is 51.5 cm³/mol. The summed E-state index contributed by atoms with van der Waals surface area (Å²) >= 11 is 0. The van der Waals surface area contributed by atoms with Crippen LogP contribution in [0.25, 0.3) is 0 Å². The summed E-state index contributed by atoms with van der Waals surface area (Å²) in [5.74, 6) is -0.178. The summed E-state index contributed by atoms with van der Waals surface area (Å²) in [4.78, 5) is 16.9. The summed E-state index contributed by atoms with van der Waals surface area (Å²) in [6.07, 6.45) is 3.18. The van der Waals surface area contributed by atoms with Crippen LogP contribution in [0.5, 0.6) is 0 Å². The smallest absolute Gasteiger partial charge is 0.256 e. The number of aryl methyl sites for hydroxylation is 1. The van der Waals surface area contributed by atoms with Crippen LogP contribution >= 0.6 is 0 Å². The fraction of sp³-hybridized carbons (Fsp3) is 0.300.